The molecule has 0 saturated heterocycles. The molecular weight excluding hydrogens is 314 g/mol. The second kappa shape index (κ2) is 6.16. The van der Waals surface area contributed by atoms with Crippen molar-refractivity contribution in [3.8, 4) is 0 Å². The smallest absolute Gasteiger partial charge is 0.276 e. The molecule has 0 bridgehead atoms. The second-order valence-corrected chi connectivity index (χ2v) is 7.07. The lowest BCUT2D eigenvalue weighted by molar-refractivity contribution is 0.102. The number of nitrogens with one attached hydrogen (secondary N) is 1. The summed E-state index contributed by atoms with van der Waals surface area (Å²) < 4.78 is 1.20. The Balaban J connectivity index is 2.09. The van der Waals surface area contributed by atoms with Gasteiger partial charge >= 0.3 is 0 Å². The molecule has 1 N–H and O–H groups in total. The van der Waals surface area contributed by atoms with E-state index in [1.165, 1.54) is 4.68 Å². The average Bonchev–Trinajstić information content (AvgIpc) is 2.57. The Morgan fingerprint density at radius 2 is 1.60 bits per heavy atom. The summed E-state index contributed by atoms with van der Waals surface area (Å²) in [4.78, 5) is 25.1. The SMILES string of the molecule is Cn1nc(C(=O)Nc2ccccc2C(C)(C)C)c2ccccc2c1=O. The fourth-order valence-corrected chi connectivity index (χ4v) is 2.90. The van der Waals surface area contributed by atoms with Gasteiger partial charge in [-0.2, -0.15) is 5.10 Å². The molecule has 0 atom stereocenters. The molecule has 5 heteroatoms. The van der Waals surface area contributed by atoms with E-state index in [2.05, 4.69) is 31.2 Å². The van der Waals surface area contributed by atoms with Crippen molar-refractivity contribution in [1.82, 2.24) is 9.78 Å². The molecule has 5 nitrogen and oxygen atoms in total. The first-order valence-electron chi connectivity index (χ1n) is 8.16. The number of hydrogen-bond donors (Lipinski definition) is 1. The van der Waals surface area contributed by atoms with Gasteiger partial charge in [-0.25, -0.2) is 4.68 Å². The second-order valence-electron chi connectivity index (χ2n) is 7.07. The molecule has 128 valence electrons. The van der Waals surface area contributed by atoms with Crippen molar-refractivity contribution in [1.29, 1.82) is 0 Å². The van der Waals surface area contributed by atoms with Gasteiger partial charge in [-0.3, -0.25) is 9.59 Å². The molecule has 0 aliphatic carbocycles. The van der Waals surface area contributed by atoms with Gasteiger partial charge in [-0.15, -0.1) is 0 Å². The lowest BCUT2D eigenvalue weighted by atomic mass is 9.86. The first-order chi connectivity index (χ1) is 11.8. The Hall–Kier alpha value is -2.95. The van der Waals surface area contributed by atoms with Gasteiger partial charge in [0.15, 0.2) is 5.69 Å². The molecule has 3 aromatic rings. The number of nitrogens with zero attached hydrogens (tertiary/aromatic N) is 2. The Morgan fingerprint density at radius 3 is 2.28 bits per heavy atom. The molecule has 3 rings (SSSR count). The Morgan fingerprint density at radius 1 is 1.00 bits per heavy atom. The first-order valence-corrected chi connectivity index (χ1v) is 8.16. The standard InChI is InChI=1S/C20H21N3O2/c1-20(2,3)15-11-7-8-12-16(15)21-18(24)17-13-9-5-6-10-14(13)19(25)23(4)22-17/h5-12H,1-4H3,(H,21,24). The van der Waals surface area contributed by atoms with E-state index in [1.807, 2.05) is 24.3 Å². The zero-order chi connectivity index (χ0) is 18.2. The third kappa shape index (κ3) is 3.18. The Bertz CT molecular complexity index is 1010. The molecule has 1 aromatic heterocycles. The summed E-state index contributed by atoms with van der Waals surface area (Å²) in [5, 5.41) is 8.17. The van der Waals surface area contributed by atoms with Gasteiger partial charge < -0.3 is 5.32 Å². The van der Waals surface area contributed by atoms with E-state index >= 15 is 0 Å². The van der Waals surface area contributed by atoms with Crippen molar-refractivity contribution < 1.29 is 4.79 Å². The van der Waals surface area contributed by atoms with Crippen LogP contribution < -0.4 is 10.9 Å². The summed E-state index contributed by atoms with van der Waals surface area (Å²) in [5.74, 6) is -0.330. The highest BCUT2D eigenvalue weighted by Gasteiger charge is 2.21. The number of anilines is 1. The fraction of sp³-hybridized carbons (Fsp3) is 0.250. The van der Waals surface area contributed by atoms with E-state index in [0.29, 0.717) is 10.8 Å². The highest BCUT2D eigenvalue weighted by molar-refractivity contribution is 6.11. The van der Waals surface area contributed by atoms with Gasteiger partial charge in [0.2, 0.25) is 0 Å². The number of amides is 1. The van der Waals surface area contributed by atoms with E-state index in [4.69, 9.17) is 0 Å². The van der Waals surface area contributed by atoms with Crippen LogP contribution in [0.25, 0.3) is 10.8 Å². The zero-order valence-corrected chi connectivity index (χ0v) is 14.8. The van der Waals surface area contributed by atoms with Crippen LogP contribution in [0.15, 0.2) is 53.3 Å². The van der Waals surface area contributed by atoms with Crippen molar-refractivity contribution in [3.05, 3.63) is 70.1 Å². The zero-order valence-electron chi connectivity index (χ0n) is 14.8. The molecule has 0 fully saturated rings. The largest absolute Gasteiger partial charge is 0.320 e. The normalized spacial score (nSPS) is 11.5. The number of carbonyl (C=O) groups excluding carboxylic acids is 1. The molecule has 0 saturated carbocycles. The highest BCUT2D eigenvalue weighted by Crippen LogP contribution is 2.29. The molecule has 2 aromatic carbocycles. The van der Waals surface area contributed by atoms with Gasteiger partial charge in [0.1, 0.15) is 0 Å². The molecular formula is C20H21N3O2. The van der Waals surface area contributed by atoms with Crippen molar-refractivity contribution in [2.45, 2.75) is 26.2 Å². The summed E-state index contributed by atoms with van der Waals surface area (Å²) in [6.45, 7) is 6.29. The number of rotatable bonds is 2. The van der Waals surface area contributed by atoms with Crippen LogP contribution in [-0.2, 0) is 12.5 Å². The average molecular weight is 335 g/mol. The maximum atomic E-state index is 12.9. The van der Waals surface area contributed by atoms with Crippen LogP contribution in [-0.4, -0.2) is 15.7 Å². The van der Waals surface area contributed by atoms with Gasteiger partial charge in [0, 0.05) is 18.1 Å². The minimum atomic E-state index is -0.330. The topological polar surface area (TPSA) is 64.0 Å². The quantitative estimate of drug-likeness (QED) is 0.780. The van der Waals surface area contributed by atoms with Crippen LogP contribution in [0.1, 0.15) is 36.8 Å². The van der Waals surface area contributed by atoms with Crippen molar-refractivity contribution in [3.63, 3.8) is 0 Å². The number of para-hydroxylation sites is 1. The summed E-state index contributed by atoms with van der Waals surface area (Å²) in [6.07, 6.45) is 0. The fourth-order valence-electron chi connectivity index (χ4n) is 2.90. The number of hydrogen-bond acceptors (Lipinski definition) is 3. The van der Waals surface area contributed by atoms with E-state index in [0.717, 1.165) is 11.3 Å². The Labute approximate surface area is 146 Å². The Kier molecular flexibility index (Phi) is 4.17. The van der Waals surface area contributed by atoms with Gasteiger partial charge in [0.25, 0.3) is 11.5 Å². The molecule has 0 radical (unpaired) electrons. The molecule has 25 heavy (non-hydrogen) atoms. The van der Waals surface area contributed by atoms with Crippen molar-refractivity contribution in [2.24, 2.45) is 7.05 Å². The monoisotopic (exact) mass is 335 g/mol. The van der Waals surface area contributed by atoms with Gasteiger partial charge in [-0.1, -0.05) is 57.2 Å². The number of benzene rings is 2. The maximum Gasteiger partial charge on any atom is 0.276 e. The van der Waals surface area contributed by atoms with Crippen LogP contribution >= 0.6 is 0 Å². The van der Waals surface area contributed by atoms with E-state index in [1.54, 1.807) is 31.3 Å². The lowest BCUT2D eigenvalue weighted by Crippen LogP contribution is -2.26. The van der Waals surface area contributed by atoms with E-state index in [-0.39, 0.29) is 22.6 Å². The minimum Gasteiger partial charge on any atom is -0.320 e. The molecule has 1 amide bonds. The van der Waals surface area contributed by atoms with Gasteiger partial charge in [-0.05, 0) is 23.1 Å². The third-order valence-corrected chi connectivity index (χ3v) is 4.15. The third-order valence-electron chi connectivity index (χ3n) is 4.15. The number of fused-ring (bicyclic) bond motifs is 1. The highest BCUT2D eigenvalue weighted by atomic mass is 16.2. The number of aryl methyl sites for hydroxylation is 1. The van der Waals surface area contributed by atoms with Crippen LogP contribution in [0.3, 0.4) is 0 Å². The maximum absolute atomic E-state index is 12.9. The molecule has 1 heterocycles. The summed E-state index contributed by atoms with van der Waals surface area (Å²) in [7, 11) is 1.55. The summed E-state index contributed by atoms with van der Waals surface area (Å²) in [5.41, 5.74) is 1.70. The van der Waals surface area contributed by atoms with Crippen molar-refractivity contribution in [2.75, 3.05) is 5.32 Å². The van der Waals surface area contributed by atoms with Crippen LogP contribution in [0.4, 0.5) is 5.69 Å². The van der Waals surface area contributed by atoms with Crippen LogP contribution in [0, 0.1) is 0 Å². The van der Waals surface area contributed by atoms with E-state index in [9.17, 15) is 9.59 Å². The predicted octanol–water partition coefficient (Wildman–Crippen LogP) is 3.48. The summed E-state index contributed by atoms with van der Waals surface area (Å²) >= 11 is 0. The lowest BCUT2D eigenvalue weighted by Gasteiger charge is -2.23. The summed E-state index contributed by atoms with van der Waals surface area (Å²) in [6, 6.07) is 14.7. The van der Waals surface area contributed by atoms with Gasteiger partial charge in [0.05, 0.1) is 5.39 Å². The molecule has 0 aliphatic rings. The number of aromatic nitrogens is 2. The van der Waals surface area contributed by atoms with Crippen LogP contribution in [0.2, 0.25) is 0 Å². The molecule has 0 spiro atoms. The number of carbonyl (C=O) groups is 1. The van der Waals surface area contributed by atoms with E-state index < -0.39 is 0 Å². The predicted molar refractivity (Wildman–Crippen MR) is 100 cm³/mol. The van der Waals surface area contributed by atoms with Crippen LogP contribution in [0.5, 0.6) is 0 Å². The molecule has 0 aliphatic heterocycles. The first kappa shape index (κ1) is 16.9. The van der Waals surface area contributed by atoms with Crippen molar-refractivity contribution >= 4 is 22.4 Å². The molecule has 0 unspecified atom stereocenters. The minimum absolute atomic E-state index is 0.108.